The lowest BCUT2D eigenvalue weighted by Crippen LogP contribution is -2.25. The molecule has 0 bridgehead atoms. The third kappa shape index (κ3) is 3.46. The lowest BCUT2D eigenvalue weighted by molar-refractivity contribution is -0.141. The first kappa shape index (κ1) is 13.5. The van der Waals surface area contributed by atoms with E-state index in [2.05, 4.69) is 0 Å². The highest BCUT2D eigenvalue weighted by atomic mass is 16.5. The maximum atomic E-state index is 11.1. The maximum absolute atomic E-state index is 11.1. The van der Waals surface area contributed by atoms with Crippen LogP contribution in [-0.4, -0.2) is 28.9 Å². The van der Waals surface area contributed by atoms with E-state index in [0.29, 0.717) is 24.3 Å². The zero-order valence-electron chi connectivity index (χ0n) is 10.1. The Morgan fingerprint density at radius 2 is 1.88 bits per heavy atom. The van der Waals surface area contributed by atoms with Gasteiger partial charge >= 0.3 is 5.97 Å². The van der Waals surface area contributed by atoms with E-state index < -0.39 is 18.0 Å². The molecule has 0 saturated heterocycles. The normalized spacial score (nSPS) is 14.1. The number of benzene rings is 1. The van der Waals surface area contributed by atoms with Gasteiger partial charge < -0.3 is 14.9 Å². The van der Waals surface area contributed by atoms with E-state index in [9.17, 15) is 9.90 Å². The Morgan fingerprint density at radius 3 is 2.29 bits per heavy atom. The zero-order chi connectivity index (χ0) is 12.8. The summed E-state index contributed by atoms with van der Waals surface area (Å²) in [6.45, 7) is 4.21. The number of carboxylic acids is 1. The fourth-order valence-corrected chi connectivity index (χ4v) is 1.70. The highest BCUT2D eigenvalue weighted by Gasteiger charge is 2.26. The van der Waals surface area contributed by atoms with Crippen molar-refractivity contribution in [2.45, 2.75) is 32.3 Å². The summed E-state index contributed by atoms with van der Waals surface area (Å²) in [7, 11) is 0. The van der Waals surface area contributed by atoms with Crippen LogP contribution in [0.4, 0.5) is 0 Å². The Morgan fingerprint density at radius 1 is 1.29 bits per heavy atom. The summed E-state index contributed by atoms with van der Waals surface area (Å²) < 4.78 is 5.28. The van der Waals surface area contributed by atoms with Crippen LogP contribution in [0.15, 0.2) is 24.3 Å². The molecule has 1 aromatic rings. The predicted molar refractivity (Wildman–Crippen MR) is 64.3 cm³/mol. The predicted octanol–water partition coefficient (Wildman–Crippen LogP) is 2.02. The van der Waals surface area contributed by atoms with Gasteiger partial charge in [-0.2, -0.15) is 0 Å². The van der Waals surface area contributed by atoms with Crippen LogP contribution >= 0.6 is 0 Å². The Labute approximate surface area is 101 Å². The SMILES string of the molecule is CCOc1ccc(C(C(=O)O)C(O)CC)cc1. The minimum absolute atomic E-state index is 0.407. The molecule has 2 N–H and O–H groups in total. The third-order valence-electron chi connectivity index (χ3n) is 2.62. The molecule has 1 aromatic carbocycles. The number of aliphatic hydroxyl groups is 1. The van der Waals surface area contributed by atoms with Crippen LogP contribution < -0.4 is 4.74 Å². The Kier molecular flexibility index (Phi) is 4.97. The smallest absolute Gasteiger partial charge is 0.313 e. The lowest BCUT2D eigenvalue weighted by Gasteiger charge is -2.18. The second kappa shape index (κ2) is 6.25. The van der Waals surface area contributed by atoms with Crippen molar-refractivity contribution in [3.63, 3.8) is 0 Å². The minimum atomic E-state index is -1.01. The fourth-order valence-electron chi connectivity index (χ4n) is 1.70. The van der Waals surface area contributed by atoms with Crippen LogP contribution in [0.1, 0.15) is 31.7 Å². The van der Waals surface area contributed by atoms with Crippen LogP contribution in [0.5, 0.6) is 5.75 Å². The van der Waals surface area contributed by atoms with Crippen LogP contribution in [-0.2, 0) is 4.79 Å². The molecule has 4 nitrogen and oxygen atoms in total. The first-order valence-electron chi connectivity index (χ1n) is 5.73. The van der Waals surface area contributed by atoms with Crippen molar-refractivity contribution in [2.75, 3.05) is 6.61 Å². The number of hydrogen-bond donors (Lipinski definition) is 2. The molecule has 4 heteroatoms. The molecular formula is C13H18O4. The molecule has 0 heterocycles. The molecule has 0 aromatic heterocycles. The Bertz CT molecular complexity index is 358. The maximum Gasteiger partial charge on any atom is 0.313 e. The van der Waals surface area contributed by atoms with Crippen molar-refractivity contribution < 1.29 is 19.7 Å². The van der Waals surface area contributed by atoms with E-state index in [1.807, 2.05) is 6.92 Å². The number of hydrogen-bond acceptors (Lipinski definition) is 3. The molecule has 1 rings (SSSR count). The van der Waals surface area contributed by atoms with Crippen LogP contribution in [0.25, 0.3) is 0 Å². The van der Waals surface area contributed by atoms with Gasteiger partial charge in [0.15, 0.2) is 0 Å². The first-order chi connectivity index (χ1) is 8.10. The van der Waals surface area contributed by atoms with Gasteiger partial charge in [0.1, 0.15) is 11.7 Å². The van der Waals surface area contributed by atoms with E-state index in [1.54, 1.807) is 31.2 Å². The van der Waals surface area contributed by atoms with Crippen molar-refractivity contribution in [1.29, 1.82) is 0 Å². The summed E-state index contributed by atoms with van der Waals surface area (Å²) in [5.41, 5.74) is 0.593. The van der Waals surface area contributed by atoms with Gasteiger partial charge in [-0.15, -0.1) is 0 Å². The number of ether oxygens (including phenoxy) is 1. The standard InChI is InChI=1S/C13H18O4/c1-3-11(14)12(13(15)16)9-5-7-10(8-6-9)17-4-2/h5-8,11-12,14H,3-4H2,1-2H3,(H,15,16). The van der Waals surface area contributed by atoms with Gasteiger partial charge in [0, 0.05) is 0 Å². The Balaban J connectivity index is 2.91. The van der Waals surface area contributed by atoms with E-state index in [-0.39, 0.29) is 0 Å². The zero-order valence-corrected chi connectivity index (χ0v) is 10.1. The summed E-state index contributed by atoms with van der Waals surface area (Å²) >= 11 is 0. The second-order valence-electron chi connectivity index (χ2n) is 3.79. The van der Waals surface area contributed by atoms with Crippen molar-refractivity contribution >= 4 is 5.97 Å². The van der Waals surface area contributed by atoms with E-state index in [4.69, 9.17) is 9.84 Å². The summed E-state index contributed by atoms with van der Waals surface area (Å²) in [5, 5.41) is 18.8. The van der Waals surface area contributed by atoms with Crippen molar-refractivity contribution in [2.24, 2.45) is 0 Å². The monoisotopic (exact) mass is 238 g/mol. The van der Waals surface area contributed by atoms with Crippen molar-refractivity contribution in [3.8, 4) is 5.75 Å². The molecule has 0 radical (unpaired) electrons. The molecule has 0 aliphatic heterocycles. The van der Waals surface area contributed by atoms with Gasteiger partial charge in [-0.25, -0.2) is 0 Å². The van der Waals surface area contributed by atoms with Crippen molar-refractivity contribution in [3.05, 3.63) is 29.8 Å². The summed E-state index contributed by atoms with van der Waals surface area (Å²) in [5.74, 6) is -1.19. The third-order valence-corrected chi connectivity index (χ3v) is 2.62. The number of carboxylic acid groups (broad SMARTS) is 1. The Hall–Kier alpha value is -1.55. The molecular weight excluding hydrogens is 220 g/mol. The molecule has 0 saturated carbocycles. The quantitative estimate of drug-likeness (QED) is 0.795. The summed E-state index contributed by atoms with van der Waals surface area (Å²) in [6.07, 6.45) is -0.463. The van der Waals surface area contributed by atoms with E-state index >= 15 is 0 Å². The molecule has 17 heavy (non-hydrogen) atoms. The minimum Gasteiger partial charge on any atom is -0.494 e. The molecule has 0 fully saturated rings. The van der Waals surface area contributed by atoms with Crippen LogP contribution in [0.3, 0.4) is 0 Å². The van der Waals surface area contributed by atoms with Gasteiger partial charge in [0.25, 0.3) is 0 Å². The topological polar surface area (TPSA) is 66.8 Å². The fraction of sp³-hybridized carbons (Fsp3) is 0.462. The summed E-state index contributed by atoms with van der Waals surface area (Å²) in [6, 6.07) is 6.81. The van der Waals surface area contributed by atoms with Gasteiger partial charge in [-0.3, -0.25) is 4.79 Å². The number of aliphatic carboxylic acids is 1. The van der Waals surface area contributed by atoms with Crippen LogP contribution in [0.2, 0.25) is 0 Å². The molecule has 0 aliphatic rings. The molecule has 0 spiro atoms. The van der Waals surface area contributed by atoms with Crippen molar-refractivity contribution in [1.82, 2.24) is 0 Å². The molecule has 0 amide bonds. The number of aliphatic hydroxyl groups excluding tert-OH is 1. The highest BCUT2D eigenvalue weighted by Crippen LogP contribution is 2.24. The summed E-state index contributed by atoms with van der Waals surface area (Å²) in [4.78, 5) is 11.1. The van der Waals surface area contributed by atoms with E-state index in [1.165, 1.54) is 0 Å². The largest absolute Gasteiger partial charge is 0.494 e. The highest BCUT2D eigenvalue weighted by molar-refractivity contribution is 5.76. The van der Waals surface area contributed by atoms with Gasteiger partial charge in [-0.05, 0) is 31.0 Å². The molecule has 0 aliphatic carbocycles. The first-order valence-corrected chi connectivity index (χ1v) is 5.73. The number of carbonyl (C=O) groups is 1. The second-order valence-corrected chi connectivity index (χ2v) is 3.79. The van der Waals surface area contributed by atoms with Gasteiger partial charge in [0.05, 0.1) is 12.7 Å². The number of rotatable bonds is 6. The average molecular weight is 238 g/mol. The molecule has 94 valence electrons. The molecule has 2 unspecified atom stereocenters. The van der Waals surface area contributed by atoms with Gasteiger partial charge in [-0.1, -0.05) is 19.1 Å². The van der Waals surface area contributed by atoms with Crippen LogP contribution in [0, 0.1) is 0 Å². The molecule has 2 atom stereocenters. The van der Waals surface area contributed by atoms with Gasteiger partial charge in [0.2, 0.25) is 0 Å². The average Bonchev–Trinajstić information content (AvgIpc) is 2.31. The lowest BCUT2D eigenvalue weighted by atomic mass is 9.92. The van der Waals surface area contributed by atoms with E-state index in [0.717, 1.165) is 0 Å².